The smallest absolute Gasteiger partial charge is 0.250 e. The number of hydrogen-bond acceptors (Lipinski definition) is 4. The molecule has 0 fully saturated rings. The first-order valence-corrected chi connectivity index (χ1v) is 8.74. The van der Waals surface area contributed by atoms with E-state index in [1.807, 2.05) is 31.2 Å². The molecule has 4 nitrogen and oxygen atoms in total. The number of sulfonamides is 1. The summed E-state index contributed by atoms with van der Waals surface area (Å²) in [4.78, 5) is 0. The molecule has 21 heavy (non-hydrogen) atoms. The van der Waals surface area contributed by atoms with Crippen LogP contribution in [-0.2, 0) is 10.0 Å². The summed E-state index contributed by atoms with van der Waals surface area (Å²) in [6, 6.07) is 10.4. The molecule has 110 valence electrons. The van der Waals surface area contributed by atoms with Crippen molar-refractivity contribution < 1.29 is 8.42 Å². The summed E-state index contributed by atoms with van der Waals surface area (Å²) in [5.41, 5.74) is 7.06. The van der Waals surface area contributed by atoms with Gasteiger partial charge in [-0.1, -0.05) is 30.0 Å². The van der Waals surface area contributed by atoms with Crippen molar-refractivity contribution in [2.45, 2.75) is 17.2 Å². The van der Waals surface area contributed by atoms with E-state index in [1.165, 1.54) is 11.3 Å². The van der Waals surface area contributed by atoms with Crippen LogP contribution in [0, 0.1) is 11.8 Å². The third-order valence-corrected chi connectivity index (χ3v) is 5.78. The Kier molecular flexibility index (Phi) is 5.15. The van der Waals surface area contributed by atoms with Crippen molar-refractivity contribution in [2.75, 3.05) is 6.54 Å². The summed E-state index contributed by atoms with van der Waals surface area (Å²) < 4.78 is 27.3. The van der Waals surface area contributed by atoms with Crippen LogP contribution >= 0.6 is 11.3 Å². The highest BCUT2D eigenvalue weighted by molar-refractivity contribution is 7.91. The lowest BCUT2D eigenvalue weighted by Crippen LogP contribution is -2.26. The quantitative estimate of drug-likeness (QED) is 0.847. The fraction of sp³-hybridized carbons (Fsp3) is 0.200. The SMILES string of the molecule is CC(NS(=O)(=O)c1cccs1)c1ccc(C#CCN)cc1. The number of rotatable bonds is 4. The number of hydrogen-bond donors (Lipinski definition) is 2. The Morgan fingerprint density at radius 2 is 2.00 bits per heavy atom. The third-order valence-electron chi connectivity index (χ3n) is 2.84. The fourth-order valence-corrected chi connectivity index (χ4v) is 4.02. The van der Waals surface area contributed by atoms with Gasteiger partial charge in [0.15, 0.2) is 0 Å². The third kappa shape index (κ3) is 4.16. The van der Waals surface area contributed by atoms with Crippen LogP contribution in [0.2, 0.25) is 0 Å². The molecule has 1 atom stereocenters. The highest BCUT2D eigenvalue weighted by atomic mass is 32.2. The number of nitrogens with two attached hydrogens (primary N) is 1. The van der Waals surface area contributed by atoms with Gasteiger partial charge in [-0.2, -0.15) is 0 Å². The fourth-order valence-electron chi connectivity index (χ4n) is 1.78. The van der Waals surface area contributed by atoms with Crippen molar-refractivity contribution in [3.63, 3.8) is 0 Å². The topological polar surface area (TPSA) is 72.2 Å². The van der Waals surface area contributed by atoms with Crippen molar-refractivity contribution in [1.82, 2.24) is 4.72 Å². The van der Waals surface area contributed by atoms with Gasteiger partial charge in [0, 0.05) is 11.6 Å². The first kappa shape index (κ1) is 15.7. The molecule has 0 aliphatic rings. The van der Waals surface area contributed by atoms with Gasteiger partial charge in [-0.05, 0) is 36.1 Å². The van der Waals surface area contributed by atoms with Crippen LogP contribution in [-0.4, -0.2) is 15.0 Å². The van der Waals surface area contributed by atoms with Crippen molar-refractivity contribution in [3.8, 4) is 11.8 Å². The van der Waals surface area contributed by atoms with E-state index in [9.17, 15) is 8.42 Å². The average molecular weight is 320 g/mol. The molecule has 0 aliphatic carbocycles. The van der Waals surface area contributed by atoms with E-state index in [0.717, 1.165) is 11.1 Å². The number of thiophene rings is 1. The lowest BCUT2D eigenvalue weighted by molar-refractivity contribution is 0.569. The van der Waals surface area contributed by atoms with Gasteiger partial charge in [0.2, 0.25) is 0 Å². The van der Waals surface area contributed by atoms with Crippen LogP contribution in [0.5, 0.6) is 0 Å². The molecule has 0 amide bonds. The molecule has 1 heterocycles. The first-order chi connectivity index (χ1) is 10.0. The van der Waals surface area contributed by atoms with Crippen LogP contribution in [0.3, 0.4) is 0 Å². The van der Waals surface area contributed by atoms with Gasteiger partial charge in [-0.3, -0.25) is 0 Å². The number of benzene rings is 1. The molecule has 3 N–H and O–H groups in total. The maximum Gasteiger partial charge on any atom is 0.250 e. The Hall–Kier alpha value is -1.65. The minimum atomic E-state index is -3.46. The van der Waals surface area contributed by atoms with Crippen LogP contribution in [0.25, 0.3) is 0 Å². The van der Waals surface area contributed by atoms with Crippen molar-refractivity contribution >= 4 is 21.4 Å². The van der Waals surface area contributed by atoms with Crippen LogP contribution < -0.4 is 10.5 Å². The molecule has 2 rings (SSSR count). The molecule has 0 bridgehead atoms. The molecule has 0 radical (unpaired) electrons. The molecule has 1 aromatic carbocycles. The minimum Gasteiger partial charge on any atom is -0.320 e. The predicted octanol–water partition coefficient (Wildman–Crippen LogP) is 2.10. The zero-order valence-corrected chi connectivity index (χ0v) is 13.2. The Balaban J connectivity index is 2.12. The molecule has 6 heteroatoms. The molecule has 0 aliphatic heterocycles. The largest absolute Gasteiger partial charge is 0.320 e. The van der Waals surface area contributed by atoms with Gasteiger partial charge in [0.05, 0.1) is 6.54 Å². The van der Waals surface area contributed by atoms with Crippen molar-refractivity contribution in [2.24, 2.45) is 5.73 Å². The summed E-state index contributed by atoms with van der Waals surface area (Å²) in [6.07, 6.45) is 0. The van der Waals surface area contributed by atoms with Gasteiger partial charge in [0.1, 0.15) is 4.21 Å². The van der Waals surface area contributed by atoms with E-state index < -0.39 is 10.0 Å². The highest BCUT2D eigenvalue weighted by Crippen LogP contribution is 2.20. The van der Waals surface area contributed by atoms with E-state index in [1.54, 1.807) is 17.5 Å². The van der Waals surface area contributed by atoms with E-state index >= 15 is 0 Å². The molecular formula is C15H16N2O2S2. The Labute approximate surface area is 129 Å². The molecule has 1 unspecified atom stereocenters. The zero-order chi connectivity index (χ0) is 15.3. The summed E-state index contributed by atoms with van der Waals surface area (Å²) in [7, 11) is -3.46. The Morgan fingerprint density at radius 1 is 1.29 bits per heavy atom. The summed E-state index contributed by atoms with van der Waals surface area (Å²) in [5.74, 6) is 5.71. The second kappa shape index (κ2) is 6.87. The maximum atomic E-state index is 12.1. The monoisotopic (exact) mass is 320 g/mol. The number of nitrogens with one attached hydrogen (secondary N) is 1. The van der Waals surface area contributed by atoms with Gasteiger partial charge in [-0.15, -0.1) is 11.3 Å². The molecule has 2 aromatic rings. The van der Waals surface area contributed by atoms with E-state index in [0.29, 0.717) is 10.8 Å². The Morgan fingerprint density at radius 3 is 2.57 bits per heavy atom. The summed E-state index contributed by atoms with van der Waals surface area (Å²) >= 11 is 1.20. The molecule has 0 saturated heterocycles. The normalized spacial score (nSPS) is 12.5. The lowest BCUT2D eigenvalue weighted by atomic mass is 10.1. The minimum absolute atomic E-state index is 0.311. The van der Waals surface area contributed by atoms with Crippen LogP contribution in [0.4, 0.5) is 0 Å². The maximum absolute atomic E-state index is 12.1. The van der Waals surface area contributed by atoms with Crippen molar-refractivity contribution in [3.05, 3.63) is 52.9 Å². The molecule has 0 spiro atoms. The second-order valence-electron chi connectivity index (χ2n) is 4.40. The zero-order valence-electron chi connectivity index (χ0n) is 11.5. The van der Waals surface area contributed by atoms with E-state index in [-0.39, 0.29) is 6.04 Å². The van der Waals surface area contributed by atoms with E-state index in [4.69, 9.17) is 5.73 Å². The first-order valence-electron chi connectivity index (χ1n) is 6.37. The van der Waals surface area contributed by atoms with Gasteiger partial charge >= 0.3 is 0 Å². The van der Waals surface area contributed by atoms with Crippen molar-refractivity contribution in [1.29, 1.82) is 0 Å². The predicted molar refractivity (Wildman–Crippen MR) is 85.4 cm³/mol. The molecule has 0 saturated carbocycles. The van der Waals surface area contributed by atoms with Gasteiger partial charge in [-0.25, -0.2) is 13.1 Å². The van der Waals surface area contributed by atoms with E-state index in [2.05, 4.69) is 16.6 Å². The summed E-state index contributed by atoms with van der Waals surface area (Å²) in [5, 5.41) is 1.74. The van der Waals surface area contributed by atoms with Crippen LogP contribution in [0.15, 0.2) is 46.0 Å². The lowest BCUT2D eigenvalue weighted by Gasteiger charge is -2.13. The standard InChI is InChI=1S/C15H16N2O2S2/c1-12(17-21(18,19)15-5-3-11-20-15)14-8-6-13(7-9-14)4-2-10-16/h3,5-9,11-12,17H,10,16H2,1H3. The average Bonchev–Trinajstić information content (AvgIpc) is 3.00. The molecule has 1 aromatic heterocycles. The Bertz CT molecular complexity index is 739. The summed E-state index contributed by atoms with van der Waals surface area (Å²) in [6.45, 7) is 2.13. The van der Waals surface area contributed by atoms with Crippen LogP contribution in [0.1, 0.15) is 24.1 Å². The highest BCUT2D eigenvalue weighted by Gasteiger charge is 2.18. The second-order valence-corrected chi connectivity index (χ2v) is 7.29. The van der Waals surface area contributed by atoms with Gasteiger partial charge < -0.3 is 5.73 Å². The van der Waals surface area contributed by atoms with Gasteiger partial charge in [0.25, 0.3) is 10.0 Å². The molecular weight excluding hydrogens is 304 g/mol.